The summed E-state index contributed by atoms with van der Waals surface area (Å²) in [4.78, 5) is 23.7. The van der Waals surface area contributed by atoms with E-state index in [4.69, 9.17) is 9.47 Å². The summed E-state index contributed by atoms with van der Waals surface area (Å²) >= 11 is 0. The van der Waals surface area contributed by atoms with Crippen LogP contribution in [0.15, 0.2) is 23.1 Å². The van der Waals surface area contributed by atoms with Crippen LogP contribution in [0.3, 0.4) is 0 Å². The fourth-order valence-electron chi connectivity index (χ4n) is 2.09. The van der Waals surface area contributed by atoms with Crippen molar-refractivity contribution in [3.05, 3.63) is 29.3 Å². The number of benzene rings is 1. The van der Waals surface area contributed by atoms with Gasteiger partial charge in [0, 0.05) is 0 Å². The Kier molecular flexibility index (Phi) is 10.6. The Bertz CT molecular complexity index is 818. The summed E-state index contributed by atoms with van der Waals surface area (Å²) < 4.78 is 43.1. The van der Waals surface area contributed by atoms with Crippen molar-refractivity contribution in [1.29, 1.82) is 0 Å². The van der Waals surface area contributed by atoms with E-state index in [2.05, 4.69) is 0 Å². The van der Waals surface area contributed by atoms with Crippen LogP contribution in [0.2, 0.25) is 0 Å². The Balaban J connectivity index is 0.00000784. The molecule has 0 aliphatic heterocycles. The summed E-state index contributed by atoms with van der Waals surface area (Å²) in [7, 11) is -4.74. The van der Waals surface area contributed by atoms with Gasteiger partial charge < -0.3 is 9.47 Å². The van der Waals surface area contributed by atoms with E-state index in [0.717, 1.165) is 12.1 Å². The Morgan fingerprint density at radius 2 is 1.34 bits per heavy atom. The molecule has 0 spiro atoms. The van der Waals surface area contributed by atoms with E-state index in [1.54, 1.807) is 0 Å². The molecule has 1 N–H and O–H groups in total. The minimum atomic E-state index is -4.74. The molecular formula is C20H31NaO7S. The molecular weight excluding hydrogens is 407 g/mol. The summed E-state index contributed by atoms with van der Waals surface area (Å²) in [6.45, 7) is 12.2. The van der Waals surface area contributed by atoms with Gasteiger partial charge in [0.2, 0.25) is 0 Å². The second kappa shape index (κ2) is 10.9. The average molecular weight is 439 g/mol. The van der Waals surface area contributed by atoms with E-state index >= 15 is 0 Å². The second-order valence-corrected chi connectivity index (χ2v) is 10.5. The molecule has 0 aliphatic rings. The Morgan fingerprint density at radius 3 is 1.76 bits per heavy atom. The molecule has 7 nitrogen and oxygen atoms in total. The van der Waals surface area contributed by atoms with Gasteiger partial charge in [0.05, 0.1) is 24.3 Å². The molecule has 1 aromatic rings. The van der Waals surface area contributed by atoms with Crippen molar-refractivity contribution in [3.63, 3.8) is 0 Å². The van der Waals surface area contributed by atoms with Crippen molar-refractivity contribution in [1.82, 2.24) is 0 Å². The number of hydrogen-bond acceptors (Lipinski definition) is 6. The molecule has 1 aromatic carbocycles. The molecule has 0 amide bonds. The first-order valence-corrected chi connectivity index (χ1v) is 10.5. The van der Waals surface area contributed by atoms with Crippen LogP contribution in [0.1, 0.15) is 75.1 Å². The van der Waals surface area contributed by atoms with Crippen LogP contribution in [0.25, 0.3) is 0 Å². The van der Waals surface area contributed by atoms with Crippen LogP contribution >= 0.6 is 0 Å². The first-order valence-electron chi connectivity index (χ1n) is 9.06. The van der Waals surface area contributed by atoms with Crippen molar-refractivity contribution in [2.75, 3.05) is 13.2 Å². The molecule has 0 fully saturated rings. The maximum absolute atomic E-state index is 12.2. The third-order valence-electron chi connectivity index (χ3n) is 3.89. The molecule has 0 aliphatic carbocycles. The van der Waals surface area contributed by atoms with E-state index in [1.807, 2.05) is 41.5 Å². The summed E-state index contributed by atoms with van der Waals surface area (Å²) in [5.74, 6) is -1.62. The van der Waals surface area contributed by atoms with Gasteiger partial charge in [-0.05, 0) is 41.9 Å². The van der Waals surface area contributed by atoms with Crippen molar-refractivity contribution < 1.29 is 32.0 Å². The quantitative estimate of drug-likeness (QED) is 0.395. The van der Waals surface area contributed by atoms with Crippen LogP contribution in [0, 0.1) is 10.8 Å². The third kappa shape index (κ3) is 10.6. The predicted molar refractivity (Wildman–Crippen MR) is 112 cm³/mol. The molecule has 0 aromatic heterocycles. The van der Waals surface area contributed by atoms with Crippen LogP contribution in [-0.2, 0) is 19.6 Å². The zero-order chi connectivity index (χ0) is 21.8. The fraction of sp³-hybridized carbons (Fsp3) is 0.600. The first-order chi connectivity index (χ1) is 12.6. The Labute approximate surface area is 195 Å². The van der Waals surface area contributed by atoms with Crippen molar-refractivity contribution >= 4 is 51.6 Å². The molecule has 29 heavy (non-hydrogen) atoms. The normalized spacial score (nSPS) is 12.1. The molecule has 0 unspecified atom stereocenters. The number of carbonyl (C=O) groups excluding carboxylic acids is 2. The van der Waals surface area contributed by atoms with Crippen LogP contribution in [0.4, 0.5) is 0 Å². The van der Waals surface area contributed by atoms with Gasteiger partial charge in [0.25, 0.3) is 10.1 Å². The van der Waals surface area contributed by atoms with Crippen LogP contribution in [-0.4, -0.2) is 67.7 Å². The van der Waals surface area contributed by atoms with Gasteiger partial charge in [-0.15, -0.1) is 0 Å². The minimum absolute atomic E-state index is 0. The topological polar surface area (TPSA) is 107 Å². The van der Waals surface area contributed by atoms with E-state index < -0.39 is 27.0 Å². The van der Waals surface area contributed by atoms with Crippen LogP contribution in [0.5, 0.6) is 0 Å². The van der Waals surface area contributed by atoms with E-state index in [1.165, 1.54) is 6.07 Å². The molecule has 160 valence electrons. The van der Waals surface area contributed by atoms with Crippen molar-refractivity contribution in [2.45, 2.75) is 59.3 Å². The van der Waals surface area contributed by atoms with Crippen LogP contribution < -0.4 is 0 Å². The Hall–Kier alpha value is -0.930. The van der Waals surface area contributed by atoms with Crippen molar-refractivity contribution in [3.8, 4) is 0 Å². The SMILES string of the molecule is CC(C)(C)CCOC(=O)c1ccc(C(=O)OCCC(C)(C)C)c(S(=O)(=O)O)c1.[NaH]. The van der Waals surface area contributed by atoms with Gasteiger partial charge in [-0.25, -0.2) is 9.59 Å². The van der Waals surface area contributed by atoms with E-state index in [-0.39, 0.29) is 64.7 Å². The predicted octanol–water partition coefficient (Wildman–Crippen LogP) is 3.47. The molecule has 0 bridgehead atoms. The van der Waals surface area contributed by atoms with Gasteiger partial charge in [-0.3, -0.25) is 4.55 Å². The Morgan fingerprint density at radius 1 is 0.897 bits per heavy atom. The molecule has 0 radical (unpaired) electrons. The molecule has 0 heterocycles. The van der Waals surface area contributed by atoms with Gasteiger partial charge in [0.15, 0.2) is 0 Å². The van der Waals surface area contributed by atoms with E-state index in [9.17, 15) is 22.6 Å². The van der Waals surface area contributed by atoms with Crippen molar-refractivity contribution in [2.24, 2.45) is 10.8 Å². The summed E-state index contributed by atoms with van der Waals surface area (Å²) in [5, 5.41) is 0. The summed E-state index contributed by atoms with van der Waals surface area (Å²) in [6.07, 6.45) is 1.21. The monoisotopic (exact) mass is 438 g/mol. The standard InChI is InChI=1S/C20H30O7S.Na.H/c1-19(2,3)9-11-26-17(21)14-7-8-15(16(13-14)28(23,24)25)18(22)27-12-10-20(4,5)6;;/h7-8,13H,9-12H2,1-6H3,(H,23,24,25);;. The van der Waals surface area contributed by atoms with Gasteiger partial charge in [0.1, 0.15) is 4.90 Å². The fourth-order valence-corrected chi connectivity index (χ4v) is 2.80. The molecule has 0 saturated heterocycles. The number of carbonyl (C=O) groups is 2. The van der Waals surface area contributed by atoms with Gasteiger partial charge in [-0.2, -0.15) is 8.42 Å². The van der Waals surface area contributed by atoms with E-state index in [0.29, 0.717) is 12.8 Å². The average Bonchev–Trinajstić information content (AvgIpc) is 2.50. The van der Waals surface area contributed by atoms with Gasteiger partial charge >= 0.3 is 41.5 Å². The molecule has 0 saturated carbocycles. The number of ether oxygens (including phenoxy) is 2. The molecule has 1 rings (SSSR count). The van der Waals surface area contributed by atoms with Gasteiger partial charge in [-0.1, -0.05) is 41.5 Å². The first kappa shape index (κ1) is 28.1. The summed E-state index contributed by atoms with van der Waals surface area (Å²) in [5.41, 5.74) is -0.497. The third-order valence-corrected chi connectivity index (χ3v) is 4.78. The number of esters is 2. The molecule has 9 heteroatoms. The zero-order valence-electron chi connectivity index (χ0n) is 17.4. The number of rotatable bonds is 7. The maximum atomic E-state index is 12.2. The second-order valence-electron chi connectivity index (χ2n) is 9.08. The summed E-state index contributed by atoms with van der Waals surface area (Å²) in [6, 6.07) is 3.34. The molecule has 0 atom stereocenters. The zero-order valence-corrected chi connectivity index (χ0v) is 18.2. The number of hydrogen-bond donors (Lipinski definition) is 1.